The molecule has 4 heterocycles. The number of ether oxygens (including phenoxy) is 1. The number of fused-ring (bicyclic) bond motifs is 5. The summed E-state index contributed by atoms with van der Waals surface area (Å²) >= 11 is 11.1. The van der Waals surface area contributed by atoms with Crippen LogP contribution in [0.2, 0.25) is 0 Å². The lowest BCUT2D eigenvalue weighted by Gasteiger charge is -2.32. The van der Waals surface area contributed by atoms with Gasteiger partial charge in [-0.05, 0) is 48.9 Å². The lowest BCUT2D eigenvalue weighted by atomic mass is 9.81. The van der Waals surface area contributed by atoms with Gasteiger partial charge in [-0.1, -0.05) is 31.4 Å². The van der Waals surface area contributed by atoms with Crippen LogP contribution in [-0.4, -0.2) is 37.3 Å². The molecule has 186 valence electrons. The topological polar surface area (TPSA) is 96.6 Å². The molecule has 0 bridgehead atoms. The van der Waals surface area contributed by atoms with Crippen molar-refractivity contribution in [3.63, 3.8) is 0 Å². The number of carbonyl (C=O) groups is 1. The summed E-state index contributed by atoms with van der Waals surface area (Å²) in [4.78, 5) is 17.8. The first-order chi connectivity index (χ1) is 17.2. The Kier molecular flexibility index (Phi) is 5.31. The quantitative estimate of drug-likeness (QED) is 0.275. The first-order valence-corrected chi connectivity index (χ1v) is 12.7. The minimum absolute atomic E-state index is 0.00228. The maximum atomic E-state index is 14.9. The number of rotatable bonds is 3. The van der Waals surface area contributed by atoms with Crippen molar-refractivity contribution in [2.24, 2.45) is 0 Å². The molecule has 2 aliphatic heterocycles. The Hall–Kier alpha value is -2.79. The van der Waals surface area contributed by atoms with E-state index in [0.29, 0.717) is 62.6 Å². The van der Waals surface area contributed by atoms with Crippen molar-refractivity contribution in [3.05, 3.63) is 56.0 Å². The summed E-state index contributed by atoms with van der Waals surface area (Å²) < 4.78 is 22.6. The van der Waals surface area contributed by atoms with Crippen LogP contribution in [0.4, 0.5) is 4.39 Å². The molecule has 0 unspecified atom stereocenters. The van der Waals surface area contributed by atoms with Gasteiger partial charge < -0.3 is 24.8 Å². The number of nitrogens with one attached hydrogen (secondary N) is 1. The molecular formula is C26H24FN3O4S2. The minimum atomic E-state index is -1.79. The Bertz CT molecular complexity index is 1580. The van der Waals surface area contributed by atoms with Crippen LogP contribution < -0.4 is 5.32 Å². The van der Waals surface area contributed by atoms with Crippen molar-refractivity contribution in [2.75, 3.05) is 6.61 Å². The fourth-order valence-electron chi connectivity index (χ4n) is 5.94. The molecule has 6 rings (SSSR count). The van der Waals surface area contributed by atoms with Crippen molar-refractivity contribution in [1.82, 2.24) is 14.9 Å². The van der Waals surface area contributed by atoms with E-state index in [2.05, 4.69) is 5.32 Å². The van der Waals surface area contributed by atoms with Crippen LogP contribution in [0, 0.1) is 17.4 Å². The second-order valence-electron chi connectivity index (χ2n) is 9.63. The van der Waals surface area contributed by atoms with Crippen LogP contribution in [-0.2, 0) is 34.7 Å². The highest BCUT2D eigenvalue weighted by atomic mass is 32.1. The van der Waals surface area contributed by atoms with E-state index in [9.17, 15) is 19.4 Å². The Morgan fingerprint density at radius 2 is 2.14 bits per heavy atom. The molecule has 36 heavy (non-hydrogen) atoms. The summed E-state index contributed by atoms with van der Waals surface area (Å²) in [6.45, 7) is 3.68. The van der Waals surface area contributed by atoms with E-state index >= 15 is 0 Å². The molecule has 0 saturated carbocycles. The lowest BCUT2D eigenvalue weighted by Crippen LogP contribution is -2.41. The lowest BCUT2D eigenvalue weighted by molar-refractivity contribution is -0.172. The van der Waals surface area contributed by atoms with Crippen molar-refractivity contribution < 1.29 is 24.1 Å². The second-order valence-corrected chi connectivity index (χ2v) is 10.5. The Morgan fingerprint density at radius 3 is 2.86 bits per heavy atom. The minimum Gasteiger partial charge on any atom is -0.458 e. The normalized spacial score (nSPS) is 21.6. The first-order valence-electron chi connectivity index (χ1n) is 11.9. The van der Waals surface area contributed by atoms with Gasteiger partial charge in [0.15, 0.2) is 5.60 Å². The van der Waals surface area contributed by atoms with Gasteiger partial charge in [-0.25, -0.2) is 14.2 Å². The van der Waals surface area contributed by atoms with Crippen LogP contribution in [0.3, 0.4) is 0 Å². The molecule has 3 aliphatic rings. The van der Waals surface area contributed by atoms with Crippen LogP contribution >= 0.6 is 24.4 Å². The zero-order valence-corrected chi connectivity index (χ0v) is 21.4. The Morgan fingerprint density at radius 1 is 1.36 bits per heavy atom. The summed E-state index contributed by atoms with van der Waals surface area (Å²) in [6, 6.07) is 3.05. The van der Waals surface area contributed by atoms with E-state index in [4.69, 9.17) is 34.2 Å². The number of carbonyl (C=O) groups excluding carboxylic acids is 1. The third-order valence-electron chi connectivity index (χ3n) is 7.86. The summed E-state index contributed by atoms with van der Waals surface area (Å²) in [7, 11) is 0. The van der Waals surface area contributed by atoms with Gasteiger partial charge in [0.05, 0.1) is 36.1 Å². The third kappa shape index (κ3) is 3.08. The number of cyclic esters (lactones) is 1. The molecular weight excluding hydrogens is 501 g/mol. The van der Waals surface area contributed by atoms with Crippen molar-refractivity contribution in [3.8, 4) is 11.4 Å². The molecule has 0 radical (unpaired) electrons. The maximum Gasteiger partial charge on any atom is 0.343 e. The van der Waals surface area contributed by atoms with E-state index in [-0.39, 0.29) is 31.5 Å². The second kappa shape index (κ2) is 8.11. The zero-order valence-electron chi connectivity index (χ0n) is 19.8. The van der Waals surface area contributed by atoms with Gasteiger partial charge in [-0.15, -0.1) is 0 Å². The van der Waals surface area contributed by atoms with E-state index in [1.165, 1.54) is 6.07 Å². The molecule has 10 heteroatoms. The highest BCUT2D eigenvalue weighted by Crippen LogP contribution is 2.47. The zero-order chi connectivity index (χ0) is 25.5. The highest BCUT2D eigenvalue weighted by Gasteiger charge is 2.45. The Balaban J connectivity index is 1.66. The molecule has 1 aliphatic carbocycles. The number of nitrogens with zero attached hydrogens (tertiary/aromatic N) is 2. The SMILES string of the molecule is CC[C@@]1(O)C(=O)OCc2c1cc1n(c2=S)Cc2c-1nc1cc(F)c(C)c3c1c2[C@@H](NC(=S)CO)CC3. The van der Waals surface area contributed by atoms with Gasteiger partial charge >= 0.3 is 5.97 Å². The number of esters is 1. The van der Waals surface area contributed by atoms with Gasteiger partial charge in [-0.3, -0.25) is 0 Å². The van der Waals surface area contributed by atoms with E-state index in [1.54, 1.807) is 19.9 Å². The summed E-state index contributed by atoms with van der Waals surface area (Å²) in [5.74, 6) is -1.00. The van der Waals surface area contributed by atoms with Gasteiger partial charge in [0.1, 0.15) is 22.1 Å². The number of aliphatic hydroxyl groups excluding tert-OH is 1. The highest BCUT2D eigenvalue weighted by molar-refractivity contribution is 7.80. The Labute approximate surface area is 216 Å². The number of thiocarbonyl (C=S) groups is 1. The molecule has 3 N–H and O–H groups in total. The number of halogens is 1. The van der Waals surface area contributed by atoms with E-state index in [1.807, 2.05) is 4.57 Å². The monoisotopic (exact) mass is 525 g/mol. The summed E-state index contributed by atoms with van der Waals surface area (Å²) in [5, 5.41) is 25.0. The predicted octanol–water partition coefficient (Wildman–Crippen LogP) is 3.79. The molecule has 0 saturated heterocycles. The predicted molar refractivity (Wildman–Crippen MR) is 138 cm³/mol. The van der Waals surface area contributed by atoms with Crippen LogP contribution in [0.1, 0.15) is 59.2 Å². The number of aliphatic hydroxyl groups is 2. The van der Waals surface area contributed by atoms with Gasteiger partial charge in [0, 0.05) is 28.1 Å². The fraction of sp³-hybridized carbons (Fsp3) is 0.385. The van der Waals surface area contributed by atoms with Crippen molar-refractivity contribution in [2.45, 2.75) is 57.9 Å². The maximum absolute atomic E-state index is 14.9. The third-order valence-corrected chi connectivity index (χ3v) is 8.57. The average molecular weight is 526 g/mol. The number of benzene rings is 1. The molecule has 2 atom stereocenters. The summed E-state index contributed by atoms with van der Waals surface area (Å²) in [5.41, 5.74) is 4.56. The molecule has 3 aromatic rings. The van der Waals surface area contributed by atoms with Crippen LogP contribution in [0.25, 0.3) is 22.3 Å². The van der Waals surface area contributed by atoms with Gasteiger partial charge in [-0.2, -0.15) is 0 Å². The first kappa shape index (κ1) is 23.6. The summed E-state index contributed by atoms with van der Waals surface area (Å²) in [6.07, 6.45) is 1.47. The van der Waals surface area contributed by atoms with Crippen LogP contribution in [0.15, 0.2) is 12.1 Å². The number of hydrogen-bond donors (Lipinski definition) is 3. The van der Waals surface area contributed by atoms with Crippen molar-refractivity contribution >= 4 is 46.3 Å². The van der Waals surface area contributed by atoms with Crippen LogP contribution in [0.5, 0.6) is 0 Å². The molecule has 2 aromatic heterocycles. The van der Waals surface area contributed by atoms with E-state index < -0.39 is 11.6 Å². The number of pyridine rings is 2. The standard InChI is InChI=1S/C26H24FN3O4S2/c1-3-26(33)15-6-19-23-13(8-30(19)24(36)14(15)10-34-25(26)32)22-17(28-20(35)9-31)5-4-12-11(2)16(27)7-18(29-23)21(12)22/h6-7,17,31,33H,3-5,8-10H2,1-2H3,(H,28,35)/t17-,26-/m0/s1. The molecule has 7 nitrogen and oxygen atoms in total. The number of aromatic nitrogens is 2. The van der Waals surface area contributed by atoms with Gasteiger partial charge in [0.2, 0.25) is 0 Å². The number of hydrogen-bond acceptors (Lipinski definition) is 7. The largest absolute Gasteiger partial charge is 0.458 e. The molecule has 0 spiro atoms. The average Bonchev–Trinajstić information content (AvgIpc) is 3.24. The van der Waals surface area contributed by atoms with Crippen molar-refractivity contribution in [1.29, 1.82) is 0 Å². The van der Waals surface area contributed by atoms with E-state index in [0.717, 1.165) is 22.1 Å². The number of aryl methyl sites for hydroxylation is 1. The molecule has 1 aromatic carbocycles. The molecule has 0 fully saturated rings. The smallest absolute Gasteiger partial charge is 0.343 e. The molecule has 0 amide bonds. The fourth-order valence-corrected chi connectivity index (χ4v) is 6.41. The van der Waals surface area contributed by atoms with Gasteiger partial charge in [0.25, 0.3) is 0 Å².